The summed E-state index contributed by atoms with van der Waals surface area (Å²) in [5.74, 6) is 0.765. The Hall–Kier alpha value is -2.34. The predicted octanol–water partition coefficient (Wildman–Crippen LogP) is 3.64. The van der Waals surface area contributed by atoms with Gasteiger partial charge in [-0.1, -0.05) is 0 Å². The molecular formula is C14H11ClFN3O2. The Bertz CT molecular complexity index is 777. The van der Waals surface area contributed by atoms with Gasteiger partial charge in [-0.15, -0.1) is 0 Å². The summed E-state index contributed by atoms with van der Waals surface area (Å²) < 4.78 is 24.0. The number of aromatic nitrogens is 2. The molecule has 0 saturated carbocycles. The molecule has 1 aromatic carbocycles. The number of nitrogens with zero attached hydrogens (tertiary/aromatic N) is 2. The SMILES string of the molecule is COc1c(F)ccc2c(NCc3ccco3)nc(Cl)nc12. The molecule has 0 amide bonds. The molecule has 0 bridgehead atoms. The third-order valence-corrected chi connectivity index (χ3v) is 3.13. The van der Waals surface area contributed by atoms with Crippen LogP contribution in [0.25, 0.3) is 10.9 Å². The second-order valence-electron chi connectivity index (χ2n) is 4.25. The zero-order chi connectivity index (χ0) is 14.8. The maximum Gasteiger partial charge on any atom is 0.225 e. The molecule has 7 heteroatoms. The van der Waals surface area contributed by atoms with E-state index in [2.05, 4.69) is 15.3 Å². The van der Waals surface area contributed by atoms with Crippen molar-refractivity contribution < 1.29 is 13.5 Å². The normalized spacial score (nSPS) is 10.8. The second-order valence-corrected chi connectivity index (χ2v) is 4.59. The molecule has 0 radical (unpaired) electrons. The molecule has 3 aromatic rings. The van der Waals surface area contributed by atoms with Gasteiger partial charge in [-0.3, -0.25) is 0 Å². The number of fused-ring (bicyclic) bond motifs is 1. The number of rotatable bonds is 4. The summed E-state index contributed by atoms with van der Waals surface area (Å²) in [7, 11) is 1.38. The van der Waals surface area contributed by atoms with Crippen LogP contribution in [-0.4, -0.2) is 17.1 Å². The average Bonchev–Trinajstić information content (AvgIpc) is 2.97. The van der Waals surface area contributed by atoms with E-state index in [9.17, 15) is 4.39 Å². The molecule has 21 heavy (non-hydrogen) atoms. The molecule has 5 nitrogen and oxygen atoms in total. The summed E-state index contributed by atoms with van der Waals surface area (Å²) >= 11 is 5.90. The molecule has 0 unspecified atom stereocenters. The van der Waals surface area contributed by atoms with E-state index in [-0.39, 0.29) is 11.0 Å². The van der Waals surface area contributed by atoms with Gasteiger partial charge in [0.05, 0.1) is 19.9 Å². The molecular weight excluding hydrogens is 297 g/mol. The van der Waals surface area contributed by atoms with Crippen molar-refractivity contribution in [1.29, 1.82) is 0 Å². The first kappa shape index (κ1) is 13.6. The van der Waals surface area contributed by atoms with Crippen molar-refractivity contribution in [2.75, 3.05) is 12.4 Å². The molecule has 0 aliphatic rings. The molecule has 0 atom stereocenters. The molecule has 108 valence electrons. The fourth-order valence-electron chi connectivity index (χ4n) is 2.03. The molecule has 3 rings (SSSR count). The minimum Gasteiger partial charge on any atom is -0.491 e. The largest absolute Gasteiger partial charge is 0.491 e. The third-order valence-electron chi connectivity index (χ3n) is 2.96. The van der Waals surface area contributed by atoms with Crippen molar-refractivity contribution >= 4 is 28.3 Å². The van der Waals surface area contributed by atoms with Gasteiger partial charge in [-0.2, -0.15) is 0 Å². The number of furan rings is 1. The van der Waals surface area contributed by atoms with E-state index in [1.54, 1.807) is 18.4 Å². The Balaban J connectivity index is 2.05. The number of ether oxygens (including phenoxy) is 1. The molecule has 2 aromatic heterocycles. The Morgan fingerprint density at radius 1 is 1.33 bits per heavy atom. The van der Waals surface area contributed by atoms with Crippen molar-refractivity contribution in [3.05, 3.63) is 47.4 Å². The van der Waals surface area contributed by atoms with Crippen LogP contribution in [0.3, 0.4) is 0 Å². The number of hydrogen-bond donors (Lipinski definition) is 1. The first-order valence-corrected chi connectivity index (χ1v) is 6.53. The van der Waals surface area contributed by atoms with E-state index in [1.807, 2.05) is 6.07 Å². The lowest BCUT2D eigenvalue weighted by Crippen LogP contribution is -2.03. The zero-order valence-corrected chi connectivity index (χ0v) is 11.8. The lowest BCUT2D eigenvalue weighted by atomic mass is 10.2. The predicted molar refractivity (Wildman–Crippen MR) is 77.1 cm³/mol. The number of hydrogen-bond acceptors (Lipinski definition) is 5. The standard InChI is InChI=1S/C14H11ClFN3O2/c1-20-12-10(16)5-4-9-11(12)18-14(15)19-13(9)17-7-8-3-2-6-21-8/h2-6H,7H2,1H3,(H,17,18,19). The molecule has 0 fully saturated rings. The van der Waals surface area contributed by atoms with Gasteiger partial charge in [-0.05, 0) is 35.9 Å². The lowest BCUT2D eigenvalue weighted by Gasteiger charge is -2.10. The average molecular weight is 308 g/mol. The van der Waals surface area contributed by atoms with Crippen LogP contribution >= 0.6 is 11.6 Å². The zero-order valence-electron chi connectivity index (χ0n) is 11.1. The van der Waals surface area contributed by atoms with Crippen molar-refractivity contribution in [2.24, 2.45) is 0 Å². The smallest absolute Gasteiger partial charge is 0.225 e. The van der Waals surface area contributed by atoms with Crippen LogP contribution < -0.4 is 10.1 Å². The summed E-state index contributed by atoms with van der Waals surface area (Å²) in [4.78, 5) is 8.17. The topological polar surface area (TPSA) is 60.2 Å². The van der Waals surface area contributed by atoms with Crippen LogP contribution in [0.4, 0.5) is 10.2 Å². The second kappa shape index (κ2) is 5.57. The van der Waals surface area contributed by atoms with E-state index in [4.69, 9.17) is 20.8 Å². The van der Waals surface area contributed by atoms with Crippen molar-refractivity contribution in [2.45, 2.75) is 6.54 Å². The number of nitrogens with one attached hydrogen (secondary N) is 1. The summed E-state index contributed by atoms with van der Waals surface area (Å²) in [6.45, 7) is 0.426. The van der Waals surface area contributed by atoms with Crippen molar-refractivity contribution in [1.82, 2.24) is 9.97 Å². The van der Waals surface area contributed by atoms with Gasteiger partial charge in [0.15, 0.2) is 11.6 Å². The van der Waals surface area contributed by atoms with E-state index >= 15 is 0 Å². The van der Waals surface area contributed by atoms with E-state index in [0.29, 0.717) is 23.3 Å². The minimum atomic E-state index is -0.503. The van der Waals surface area contributed by atoms with Crippen LogP contribution in [0.1, 0.15) is 5.76 Å². The van der Waals surface area contributed by atoms with Crippen molar-refractivity contribution in [3.63, 3.8) is 0 Å². The van der Waals surface area contributed by atoms with Crippen molar-refractivity contribution in [3.8, 4) is 5.75 Å². The van der Waals surface area contributed by atoms with Crippen LogP contribution in [0, 0.1) is 5.82 Å². The number of anilines is 1. The Morgan fingerprint density at radius 3 is 2.90 bits per heavy atom. The van der Waals surface area contributed by atoms with Gasteiger partial charge in [0.2, 0.25) is 5.28 Å². The number of halogens is 2. The van der Waals surface area contributed by atoms with Crippen LogP contribution in [0.2, 0.25) is 5.28 Å². The van der Waals surface area contributed by atoms with Crippen LogP contribution in [0.15, 0.2) is 34.9 Å². The van der Waals surface area contributed by atoms with Gasteiger partial charge in [0, 0.05) is 5.39 Å². The highest BCUT2D eigenvalue weighted by molar-refractivity contribution is 6.29. The molecule has 1 N–H and O–H groups in total. The molecule has 0 saturated heterocycles. The Labute approximate surface area is 124 Å². The summed E-state index contributed by atoms with van der Waals surface area (Å²) in [5, 5.41) is 3.72. The minimum absolute atomic E-state index is 0.00773. The molecule has 2 heterocycles. The number of methoxy groups -OCH3 is 1. The quantitative estimate of drug-likeness (QED) is 0.746. The summed E-state index contributed by atoms with van der Waals surface area (Å²) in [6, 6.07) is 6.50. The Kier molecular flexibility index (Phi) is 3.62. The molecule has 0 aliphatic heterocycles. The molecule has 0 spiro atoms. The summed E-state index contributed by atoms with van der Waals surface area (Å²) in [6.07, 6.45) is 1.58. The van der Waals surface area contributed by atoms with E-state index in [0.717, 1.165) is 5.76 Å². The van der Waals surface area contributed by atoms with Gasteiger partial charge in [0.25, 0.3) is 0 Å². The number of benzene rings is 1. The van der Waals surface area contributed by atoms with Gasteiger partial charge in [0.1, 0.15) is 17.1 Å². The monoisotopic (exact) mass is 307 g/mol. The first-order valence-electron chi connectivity index (χ1n) is 6.15. The highest BCUT2D eigenvalue weighted by Crippen LogP contribution is 2.31. The lowest BCUT2D eigenvalue weighted by molar-refractivity contribution is 0.391. The highest BCUT2D eigenvalue weighted by Gasteiger charge is 2.14. The molecule has 0 aliphatic carbocycles. The fourth-order valence-corrected chi connectivity index (χ4v) is 2.20. The van der Waals surface area contributed by atoms with Gasteiger partial charge in [-0.25, -0.2) is 14.4 Å². The summed E-state index contributed by atoms with van der Waals surface area (Å²) in [5.41, 5.74) is 0.319. The highest BCUT2D eigenvalue weighted by atomic mass is 35.5. The van der Waals surface area contributed by atoms with Gasteiger partial charge < -0.3 is 14.5 Å². The van der Waals surface area contributed by atoms with E-state index < -0.39 is 5.82 Å². The van der Waals surface area contributed by atoms with Gasteiger partial charge >= 0.3 is 0 Å². The fraction of sp³-hybridized carbons (Fsp3) is 0.143. The maximum absolute atomic E-state index is 13.7. The van der Waals surface area contributed by atoms with Crippen LogP contribution in [-0.2, 0) is 6.54 Å². The van der Waals surface area contributed by atoms with Crippen LogP contribution in [0.5, 0.6) is 5.75 Å². The third kappa shape index (κ3) is 2.62. The van der Waals surface area contributed by atoms with E-state index in [1.165, 1.54) is 13.2 Å². The Morgan fingerprint density at radius 2 is 2.19 bits per heavy atom. The first-order chi connectivity index (χ1) is 10.2. The maximum atomic E-state index is 13.7.